The summed E-state index contributed by atoms with van der Waals surface area (Å²) in [5.74, 6) is -2.62. The van der Waals surface area contributed by atoms with Gasteiger partial charge in [0.1, 0.15) is 0 Å². The largest absolute Gasteiger partial charge is 0.339 e. The van der Waals surface area contributed by atoms with Crippen molar-refractivity contribution in [2.45, 2.75) is 96.9 Å². The van der Waals surface area contributed by atoms with Crippen molar-refractivity contribution in [3.63, 3.8) is 0 Å². The number of carbonyl (C=O) groups excluding carboxylic acids is 4. The van der Waals surface area contributed by atoms with Crippen molar-refractivity contribution in [1.29, 1.82) is 0 Å². The monoisotopic (exact) mass is 981 g/mol. The van der Waals surface area contributed by atoms with E-state index < -0.39 is 31.5 Å². The third kappa shape index (κ3) is 15.3. The molecule has 6 aromatic rings. The zero-order chi connectivity index (χ0) is 51.3. The van der Waals surface area contributed by atoms with Crippen LogP contribution in [0.5, 0.6) is 0 Å². The summed E-state index contributed by atoms with van der Waals surface area (Å²) < 4.78 is 52.8. The van der Waals surface area contributed by atoms with E-state index in [4.69, 9.17) is 0 Å². The SMILES string of the molecule is Cc1ccc(CCC(CS(=O)(=O)c2ccc(C)cc2)C(=O)c2ccc(C(=O)C(C)C)cc2)cc1.Cc1ccc(CCC(CS(=O)(=O)c2ccc(C)cc2)C(=O)c2ccc(C(=O)N(C)C(C)C)cc2)cc1. The summed E-state index contributed by atoms with van der Waals surface area (Å²) >= 11 is 0. The molecule has 0 saturated carbocycles. The molecule has 0 N–H and O–H groups in total. The predicted octanol–water partition coefficient (Wildman–Crippen LogP) is 11.7. The maximum atomic E-state index is 13.5. The van der Waals surface area contributed by atoms with Crippen molar-refractivity contribution in [3.05, 3.63) is 201 Å². The lowest BCUT2D eigenvalue weighted by Crippen LogP contribution is -2.33. The fraction of sp³-hybridized carbons (Fsp3) is 0.322. The number of carbonyl (C=O) groups is 4. The normalized spacial score (nSPS) is 12.4. The first-order chi connectivity index (χ1) is 33.0. The summed E-state index contributed by atoms with van der Waals surface area (Å²) in [5, 5.41) is 0. The Hall–Kier alpha value is -6.30. The fourth-order valence-electron chi connectivity index (χ4n) is 7.80. The number of aryl methyl sites for hydroxylation is 6. The summed E-state index contributed by atoms with van der Waals surface area (Å²) in [6, 6.07) is 42.7. The number of Topliss-reactive ketones (excluding diaryl/α,β-unsaturated/α-hetero) is 3. The van der Waals surface area contributed by atoms with E-state index in [1.165, 1.54) is 0 Å². The zero-order valence-electron chi connectivity index (χ0n) is 41.9. The van der Waals surface area contributed by atoms with Gasteiger partial charge in [0, 0.05) is 53.1 Å². The van der Waals surface area contributed by atoms with Gasteiger partial charge in [-0.3, -0.25) is 19.2 Å². The van der Waals surface area contributed by atoms with Crippen LogP contribution < -0.4 is 0 Å². The molecule has 0 aromatic heterocycles. The molecule has 1 amide bonds. The fourth-order valence-corrected chi connectivity index (χ4v) is 11.0. The second-order valence-corrected chi connectivity index (χ2v) is 23.1. The molecule has 6 rings (SSSR count). The summed E-state index contributed by atoms with van der Waals surface area (Å²) in [6.07, 6.45) is 2.02. The van der Waals surface area contributed by atoms with Crippen LogP contribution in [0, 0.1) is 45.4 Å². The molecule has 11 heteroatoms. The highest BCUT2D eigenvalue weighted by atomic mass is 32.2. The first-order valence-electron chi connectivity index (χ1n) is 23.8. The summed E-state index contributed by atoms with van der Waals surface area (Å²) in [5.41, 5.74) is 8.24. The first kappa shape index (κ1) is 54.6. The predicted molar refractivity (Wildman–Crippen MR) is 280 cm³/mol. The highest BCUT2D eigenvalue weighted by molar-refractivity contribution is 7.91. The van der Waals surface area contributed by atoms with E-state index in [9.17, 15) is 36.0 Å². The number of nitrogens with zero attached hydrogens (tertiary/aromatic N) is 1. The second kappa shape index (κ2) is 24.5. The number of hydrogen-bond donors (Lipinski definition) is 0. The molecule has 2 atom stereocenters. The van der Waals surface area contributed by atoms with Crippen LogP contribution in [0.3, 0.4) is 0 Å². The Morgan fingerprint density at radius 3 is 1.00 bits per heavy atom. The van der Waals surface area contributed by atoms with Crippen LogP contribution in [0.1, 0.15) is 115 Å². The van der Waals surface area contributed by atoms with Crippen LogP contribution in [0.25, 0.3) is 0 Å². The maximum absolute atomic E-state index is 13.5. The lowest BCUT2D eigenvalue weighted by atomic mass is 9.91. The molecule has 6 aromatic carbocycles. The number of sulfone groups is 2. The number of ketones is 3. The van der Waals surface area contributed by atoms with Gasteiger partial charge < -0.3 is 4.90 Å². The van der Waals surface area contributed by atoms with Crippen LogP contribution in [0.4, 0.5) is 0 Å². The van der Waals surface area contributed by atoms with Gasteiger partial charge in [-0.25, -0.2) is 16.8 Å². The molecule has 0 saturated heterocycles. The first-order valence-corrected chi connectivity index (χ1v) is 27.1. The number of rotatable bonds is 20. The minimum Gasteiger partial charge on any atom is -0.339 e. The van der Waals surface area contributed by atoms with Gasteiger partial charge in [0.15, 0.2) is 37.0 Å². The Morgan fingerprint density at radius 1 is 0.414 bits per heavy atom. The molecule has 0 spiro atoms. The third-order valence-electron chi connectivity index (χ3n) is 12.6. The highest BCUT2D eigenvalue weighted by Crippen LogP contribution is 2.25. The molecule has 0 aliphatic heterocycles. The Labute approximate surface area is 416 Å². The Kier molecular flexibility index (Phi) is 19.1. The molecule has 368 valence electrons. The van der Waals surface area contributed by atoms with Crippen LogP contribution in [0.2, 0.25) is 0 Å². The van der Waals surface area contributed by atoms with Crippen molar-refractivity contribution in [3.8, 4) is 0 Å². The number of amides is 1. The van der Waals surface area contributed by atoms with E-state index in [-0.39, 0.29) is 56.5 Å². The van der Waals surface area contributed by atoms with E-state index in [0.29, 0.717) is 47.9 Å². The zero-order valence-corrected chi connectivity index (χ0v) is 43.6. The van der Waals surface area contributed by atoms with E-state index >= 15 is 0 Å². The van der Waals surface area contributed by atoms with Crippen molar-refractivity contribution >= 4 is 42.9 Å². The van der Waals surface area contributed by atoms with Gasteiger partial charge >= 0.3 is 0 Å². The van der Waals surface area contributed by atoms with Crippen LogP contribution in [0.15, 0.2) is 155 Å². The Bertz CT molecular complexity index is 2940. The minimum absolute atomic E-state index is 0.0110. The number of benzene rings is 6. The molecule has 0 bridgehead atoms. The van der Waals surface area contributed by atoms with Gasteiger partial charge in [0.2, 0.25) is 0 Å². The summed E-state index contributed by atoms with van der Waals surface area (Å²) in [4.78, 5) is 53.9. The molecule has 0 fully saturated rings. The molecular weight excluding hydrogens is 915 g/mol. The van der Waals surface area contributed by atoms with E-state index in [2.05, 4.69) is 0 Å². The smallest absolute Gasteiger partial charge is 0.253 e. The molecule has 0 heterocycles. The van der Waals surface area contributed by atoms with Crippen LogP contribution >= 0.6 is 0 Å². The van der Waals surface area contributed by atoms with Crippen molar-refractivity contribution in [1.82, 2.24) is 4.90 Å². The van der Waals surface area contributed by atoms with Crippen LogP contribution in [-0.2, 0) is 32.5 Å². The van der Waals surface area contributed by atoms with Gasteiger partial charge in [-0.15, -0.1) is 0 Å². The lowest BCUT2D eigenvalue weighted by Gasteiger charge is -2.21. The average Bonchev–Trinajstić information content (AvgIpc) is 3.34. The van der Waals surface area contributed by atoms with Crippen molar-refractivity contribution < 1.29 is 36.0 Å². The quantitative estimate of drug-likeness (QED) is 0.0689. The molecule has 0 aliphatic rings. The second-order valence-electron chi connectivity index (χ2n) is 19.0. The van der Waals surface area contributed by atoms with Crippen molar-refractivity contribution in [2.24, 2.45) is 17.8 Å². The minimum atomic E-state index is -3.66. The Balaban J connectivity index is 0.000000261. The van der Waals surface area contributed by atoms with E-state index in [1.54, 1.807) is 109 Å². The van der Waals surface area contributed by atoms with Crippen LogP contribution in [-0.4, -0.2) is 69.6 Å². The van der Waals surface area contributed by atoms with Gasteiger partial charge in [-0.2, -0.15) is 0 Å². The van der Waals surface area contributed by atoms with Gasteiger partial charge in [-0.05, 0) is 115 Å². The van der Waals surface area contributed by atoms with Gasteiger partial charge in [0.25, 0.3) is 5.91 Å². The molecular formula is C59H67NO8S2. The van der Waals surface area contributed by atoms with Gasteiger partial charge in [-0.1, -0.05) is 145 Å². The third-order valence-corrected chi connectivity index (χ3v) is 16.3. The highest BCUT2D eigenvalue weighted by Gasteiger charge is 2.30. The lowest BCUT2D eigenvalue weighted by molar-refractivity contribution is 0.0753. The standard InChI is InChI=1S/C30H35NO4S.C29H32O4S/c1-21(2)31(5)30(33)26-16-14-25(15-17-26)29(32)27(13-12-24-10-6-22(3)7-11-24)20-36(34,35)28-18-8-23(4)9-19-28;1-20(2)28(30)24-13-15-25(16-14-24)29(31)26(12-11-23-9-5-21(3)6-10-23)19-34(32,33)27-17-7-22(4)8-18-27/h6-11,14-19,21,27H,12-13,20H2,1-5H3;5-10,13-18,20,26H,11-12,19H2,1-4H3. The number of hydrogen-bond acceptors (Lipinski definition) is 8. The molecule has 0 radical (unpaired) electrons. The van der Waals surface area contributed by atoms with E-state index in [1.807, 2.05) is 104 Å². The molecule has 70 heavy (non-hydrogen) atoms. The van der Waals surface area contributed by atoms with Crippen molar-refractivity contribution in [2.75, 3.05) is 18.6 Å². The maximum Gasteiger partial charge on any atom is 0.253 e. The molecule has 2 unspecified atom stereocenters. The van der Waals surface area contributed by atoms with Gasteiger partial charge in [0.05, 0.1) is 21.3 Å². The molecule has 0 aliphatic carbocycles. The summed E-state index contributed by atoms with van der Waals surface area (Å²) in [7, 11) is -5.57. The Morgan fingerprint density at radius 2 is 0.700 bits per heavy atom. The molecule has 9 nitrogen and oxygen atoms in total. The average molecular weight is 982 g/mol. The summed E-state index contributed by atoms with van der Waals surface area (Å²) in [6.45, 7) is 15.4. The topological polar surface area (TPSA) is 140 Å². The van der Waals surface area contributed by atoms with E-state index in [0.717, 1.165) is 33.4 Å².